The number of imidazole rings is 1. The van der Waals surface area contributed by atoms with Crippen LogP contribution in [0.2, 0.25) is 0 Å². The van der Waals surface area contributed by atoms with Crippen LogP contribution in [0, 0.1) is 6.92 Å². The maximum absolute atomic E-state index is 12.6. The summed E-state index contributed by atoms with van der Waals surface area (Å²) >= 11 is 1.44. The molecule has 0 fully saturated rings. The molecule has 3 N–H and O–H groups in total. The van der Waals surface area contributed by atoms with Crippen LogP contribution in [-0.2, 0) is 0 Å². The van der Waals surface area contributed by atoms with E-state index in [-0.39, 0.29) is 6.03 Å². The van der Waals surface area contributed by atoms with Crippen molar-refractivity contribution in [2.24, 2.45) is 0 Å². The number of anilines is 3. The number of aromatic nitrogens is 5. The molecule has 0 aliphatic heterocycles. The van der Waals surface area contributed by atoms with E-state index in [1.54, 1.807) is 12.4 Å². The van der Waals surface area contributed by atoms with Crippen molar-refractivity contribution < 1.29 is 4.79 Å². The number of nitrogens with zero attached hydrogens (tertiary/aromatic N) is 5. The highest BCUT2D eigenvalue weighted by Crippen LogP contribution is 2.27. The molecule has 0 unspecified atom stereocenters. The van der Waals surface area contributed by atoms with E-state index in [1.165, 1.54) is 11.3 Å². The van der Waals surface area contributed by atoms with Gasteiger partial charge >= 0.3 is 6.03 Å². The van der Waals surface area contributed by atoms with Gasteiger partial charge in [-0.15, -0.1) is 0 Å². The molecule has 0 aliphatic carbocycles. The summed E-state index contributed by atoms with van der Waals surface area (Å²) in [5.41, 5.74) is 3.50. The number of hydrogen-bond donors (Lipinski definition) is 3. The van der Waals surface area contributed by atoms with E-state index < -0.39 is 0 Å². The summed E-state index contributed by atoms with van der Waals surface area (Å²) in [4.78, 5) is 30.5. The van der Waals surface area contributed by atoms with Crippen molar-refractivity contribution in [3.8, 4) is 17.2 Å². The second kappa shape index (κ2) is 9.90. The van der Waals surface area contributed by atoms with Crippen LogP contribution in [0.25, 0.3) is 27.4 Å². The van der Waals surface area contributed by atoms with Gasteiger partial charge in [-0.05, 0) is 49.2 Å². The van der Waals surface area contributed by atoms with Gasteiger partial charge in [0.2, 0.25) is 5.95 Å². The lowest BCUT2D eigenvalue weighted by atomic mass is 10.2. The van der Waals surface area contributed by atoms with Gasteiger partial charge in [-0.3, -0.25) is 9.88 Å². The molecule has 10 heteroatoms. The van der Waals surface area contributed by atoms with Gasteiger partial charge in [-0.25, -0.2) is 19.7 Å². The first-order valence-corrected chi connectivity index (χ1v) is 12.1. The maximum Gasteiger partial charge on any atom is 0.325 e. The number of rotatable bonds is 7. The molecule has 0 aliphatic rings. The molecule has 5 aromatic rings. The molecular formula is C25H24N8OS. The summed E-state index contributed by atoms with van der Waals surface area (Å²) in [5.74, 6) is 1.98. The summed E-state index contributed by atoms with van der Waals surface area (Å²) < 4.78 is 2.92. The molecule has 0 radical (unpaired) electrons. The van der Waals surface area contributed by atoms with Crippen LogP contribution in [-0.4, -0.2) is 37.1 Å². The number of carbonyl (C=O) groups excluding carboxylic acids is 1. The third-order valence-corrected chi connectivity index (χ3v) is 6.14. The molecule has 176 valence electrons. The highest BCUT2D eigenvalue weighted by atomic mass is 32.1. The van der Waals surface area contributed by atoms with Crippen LogP contribution in [0.15, 0.2) is 67.1 Å². The first-order chi connectivity index (χ1) is 17.1. The van der Waals surface area contributed by atoms with Crippen molar-refractivity contribution in [1.29, 1.82) is 0 Å². The number of urea groups is 1. The number of nitrogens with one attached hydrogen (secondary N) is 3. The number of fused-ring (bicyclic) bond motifs is 1. The monoisotopic (exact) mass is 484 g/mol. The number of aryl methyl sites for hydroxylation is 1. The zero-order valence-corrected chi connectivity index (χ0v) is 20.1. The predicted octanol–water partition coefficient (Wildman–Crippen LogP) is 5.71. The van der Waals surface area contributed by atoms with E-state index in [0.717, 1.165) is 34.3 Å². The van der Waals surface area contributed by atoms with Crippen LogP contribution >= 0.6 is 11.3 Å². The number of hydrogen-bond acceptors (Lipinski definition) is 7. The molecule has 3 aromatic heterocycles. The fourth-order valence-corrected chi connectivity index (χ4v) is 4.55. The lowest BCUT2D eigenvalue weighted by molar-refractivity contribution is 0.262. The van der Waals surface area contributed by atoms with Gasteiger partial charge < -0.3 is 10.6 Å². The Hall–Kier alpha value is -4.31. The van der Waals surface area contributed by atoms with E-state index >= 15 is 0 Å². The third kappa shape index (κ3) is 5.12. The zero-order valence-electron chi connectivity index (χ0n) is 19.3. The van der Waals surface area contributed by atoms with Crippen LogP contribution in [0.3, 0.4) is 0 Å². The van der Waals surface area contributed by atoms with Gasteiger partial charge in [0.25, 0.3) is 0 Å². The predicted molar refractivity (Wildman–Crippen MR) is 140 cm³/mol. The normalized spacial score (nSPS) is 10.9. The van der Waals surface area contributed by atoms with Gasteiger partial charge in [0.15, 0.2) is 5.13 Å². The second-order valence-electron chi connectivity index (χ2n) is 7.94. The van der Waals surface area contributed by atoms with Gasteiger partial charge in [0.05, 0.1) is 10.2 Å². The topological polar surface area (TPSA) is 110 Å². The Labute approximate surface area is 206 Å². The molecular weight excluding hydrogens is 460 g/mol. The largest absolute Gasteiger partial charge is 0.354 e. The maximum atomic E-state index is 12.6. The van der Waals surface area contributed by atoms with E-state index in [2.05, 4.69) is 48.9 Å². The van der Waals surface area contributed by atoms with Crippen molar-refractivity contribution in [1.82, 2.24) is 24.5 Å². The summed E-state index contributed by atoms with van der Waals surface area (Å²) in [6.45, 7) is 4.92. The zero-order chi connectivity index (χ0) is 24.2. The molecule has 0 saturated heterocycles. The molecule has 0 spiro atoms. The van der Waals surface area contributed by atoms with E-state index in [9.17, 15) is 4.79 Å². The Kier molecular flexibility index (Phi) is 6.36. The molecule has 2 amide bonds. The lowest BCUT2D eigenvalue weighted by Gasteiger charge is -2.11. The highest BCUT2D eigenvalue weighted by molar-refractivity contribution is 7.22. The summed E-state index contributed by atoms with van der Waals surface area (Å²) in [7, 11) is 0. The van der Waals surface area contributed by atoms with Gasteiger partial charge in [-0.2, -0.15) is 4.98 Å². The van der Waals surface area contributed by atoms with Crippen molar-refractivity contribution in [2.75, 3.05) is 22.5 Å². The second-order valence-corrected chi connectivity index (χ2v) is 8.97. The van der Waals surface area contributed by atoms with Crippen molar-refractivity contribution in [3.63, 3.8) is 0 Å². The summed E-state index contributed by atoms with van der Waals surface area (Å²) in [5, 5.41) is 9.46. The highest BCUT2D eigenvalue weighted by Gasteiger charge is 2.12. The molecule has 3 heterocycles. The lowest BCUT2D eigenvalue weighted by Crippen LogP contribution is -2.19. The van der Waals surface area contributed by atoms with Crippen LogP contribution in [0.1, 0.15) is 18.9 Å². The fraction of sp³-hybridized carbons (Fsp3) is 0.160. The van der Waals surface area contributed by atoms with Crippen molar-refractivity contribution in [3.05, 3.63) is 72.7 Å². The van der Waals surface area contributed by atoms with Crippen LogP contribution in [0.4, 0.5) is 21.6 Å². The minimum absolute atomic E-state index is 0.358. The molecule has 0 saturated carbocycles. The molecule has 0 bridgehead atoms. The molecule has 5 rings (SSSR count). The summed E-state index contributed by atoms with van der Waals surface area (Å²) in [6, 6.07) is 15.0. The summed E-state index contributed by atoms with van der Waals surface area (Å²) in [6.07, 6.45) is 6.27. The van der Waals surface area contributed by atoms with Crippen LogP contribution < -0.4 is 16.0 Å². The van der Waals surface area contributed by atoms with E-state index in [1.807, 2.05) is 60.2 Å². The Bertz CT molecular complexity index is 1490. The third-order valence-electron chi connectivity index (χ3n) is 5.20. The van der Waals surface area contributed by atoms with Gasteiger partial charge in [0.1, 0.15) is 11.6 Å². The van der Waals surface area contributed by atoms with Gasteiger partial charge in [0, 0.05) is 36.4 Å². The van der Waals surface area contributed by atoms with Crippen LogP contribution in [0.5, 0.6) is 0 Å². The first kappa shape index (κ1) is 22.5. The van der Waals surface area contributed by atoms with E-state index in [0.29, 0.717) is 28.4 Å². The smallest absolute Gasteiger partial charge is 0.325 e. The number of amides is 2. The minimum Gasteiger partial charge on any atom is -0.354 e. The SMILES string of the molecule is CCCNc1nccc(-n2ccnc2-c2cccc(NC(=O)Nc3nc4ccc(C)cc4s3)c2)n1. The number of benzene rings is 2. The standard InChI is InChI=1S/C25H24N8OS/c1-3-10-27-23-28-11-9-21(31-23)33-13-12-26-22(33)17-5-4-6-18(15-17)29-24(34)32-25-30-19-8-7-16(2)14-20(19)35-25/h4-9,11-15H,3,10H2,1-2H3,(H,27,28,31)(H2,29,30,32,34). The Balaban J connectivity index is 1.33. The van der Waals surface area contributed by atoms with Crippen molar-refractivity contribution >= 4 is 44.4 Å². The first-order valence-electron chi connectivity index (χ1n) is 11.3. The van der Waals surface area contributed by atoms with E-state index in [4.69, 9.17) is 0 Å². The van der Waals surface area contributed by atoms with Crippen molar-refractivity contribution in [2.45, 2.75) is 20.3 Å². The van der Waals surface area contributed by atoms with Gasteiger partial charge in [-0.1, -0.05) is 36.5 Å². The number of carbonyl (C=O) groups is 1. The quantitative estimate of drug-likeness (QED) is 0.273. The number of thiazole rings is 1. The average molecular weight is 485 g/mol. The fourth-order valence-electron chi connectivity index (χ4n) is 3.59. The molecule has 0 atom stereocenters. The molecule has 9 nitrogen and oxygen atoms in total. The molecule has 2 aromatic carbocycles. The Morgan fingerprint density at radius 3 is 2.83 bits per heavy atom. The Morgan fingerprint density at radius 1 is 1.03 bits per heavy atom. The Morgan fingerprint density at radius 2 is 1.94 bits per heavy atom. The molecule has 35 heavy (non-hydrogen) atoms. The minimum atomic E-state index is -0.358. The average Bonchev–Trinajstić information content (AvgIpc) is 3.49.